The first-order chi connectivity index (χ1) is 9.96. The summed E-state index contributed by atoms with van der Waals surface area (Å²) in [7, 11) is 0.190. The van der Waals surface area contributed by atoms with Crippen molar-refractivity contribution in [1.82, 2.24) is 4.98 Å². The molecule has 1 aromatic carbocycles. The second-order valence-corrected chi connectivity index (χ2v) is 6.23. The van der Waals surface area contributed by atoms with Crippen molar-refractivity contribution in [2.75, 3.05) is 23.7 Å². The van der Waals surface area contributed by atoms with Crippen LogP contribution in [0.3, 0.4) is 0 Å². The van der Waals surface area contributed by atoms with Crippen molar-refractivity contribution < 1.29 is 8.42 Å². The first-order valence-corrected chi connectivity index (χ1v) is 7.90. The van der Waals surface area contributed by atoms with E-state index < -0.39 is 10.0 Å². The predicted molar refractivity (Wildman–Crippen MR) is 86.6 cm³/mol. The highest BCUT2D eigenvalue weighted by Crippen LogP contribution is 2.14. The molecule has 0 spiro atoms. The van der Waals surface area contributed by atoms with Crippen molar-refractivity contribution >= 4 is 27.6 Å². The van der Waals surface area contributed by atoms with E-state index in [-0.39, 0.29) is 0 Å². The topological polar surface area (TPSA) is 62.3 Å². The van der Waals surface area contributed by atoms with Crippen LogP contribution < -0.4 is 9.62 Å². The summed E-state index contributed by atoms with van der Waals surface area (Å²) >= 11 is 0. The summed E-state index contributed by atoms with van der Waals surface area (Å²) in [5, 5.41) is 1.14. The fourth-order valence-corrected chi connectivity index (χ4v) is 2.50. The minimum atomic E-state index is -3.55. The molecule has 0 aliphatic rings. The fraction of sp³-hybridized carbons (Fsp3) is 0.133. The molecule has 1 N–H and O–H groups in total. The largest absolute Gasteiger partial charge is 0.363 e. The van der Waals surface area contributed by atoms with Crippen LogP contribution in [0.1, 0.15) is 5.56 Å². The number of benzene rings is 1. The lowest BCUT2D eigenvalue weighted by Gasteiger charge is -2.11. The Morgan fingerprint density at radius 1 is 1.10 bits per heavy atom. The number of anilines is 2. The maximum Gasteiger partial charge on any atom is 0.255 e. The van der Waals surface area contributed by atoms with Crippen LogP contribution in [0.15, 0.2) is 54.1 Å². The molecule has 0 saturated carbocycles. The first kappa shape index (κ1) is 15.1. The number of aromatic nitrogens is 1. The molecule has 110 valence electrons. The molecule has 0 fully saturated rings. The molecule has 1 aromatic heterocycles. The van der Waals surface area contributed by atoms with Gasteiger partial charge in [0.2, 0.25) is 0 Å². The number of sulfonamides is 1. The average Bonchev–Trinajstić information content (AvgIpc) is 2.46. The third kappa shape index (κ3) is 4.61. The Hall–Kier alpha value is -2.34. The van der Waals surface area contributed by atoms with Crippen LogP contribution in [-0.2, 0) is 10.0 Å². The van der Waals surface area contributed by atoms with E-state index in [1.165, 1.54) is 6.20 Å². The highest BCUT2D eigenvalue weighted by molar-refractivity contribution is 7.95. The Labute approximate surface area is 125 Å². The van der Waals surface area contributed by atoms with E-state index in [0.29, 0.717) is 5.69 Å². The maximum absolute atomic E-state index is 12.0. The second kappa shape index (κ2) is 6.41. The minimum absolute atomic E-state index is 0.429. The maximum atomic E-state index is 12.0. The van der Waals surface area contributed by atoms with Gasteiger partial charge in [-0.25, -0.2) is 13.4 Å². The van der Waals surface area contributed by atoms with Gasteiger partial charge in [-0.1, -0.05) is 30.3 Å². The average molecular weight is 303 g/mol. The van der Waals surface area contributed by atoms with Crippen LogP contribution in [0, 0.1) is 0 Å². The van der Waals surface area contributed by atoms with Crippen molar-refractivity contribution in [2.45, 2.75) is 0 Å². The standard InChI is InChI=1S/C15H17N3O2S/c1-18(2)15-9-8-14(12-16-15)17-21(19,20)11-10-13-6-4-3-5-7-13/h3-12,17H,1-2H3/b11-10+. The van der Waals surface area contributed by atoms with Gasteiger partial charge in [-0.3, -0.25) is 4.72 Å². The molecule has 0 radical (unpaired) electrons. The molecule has 0 aliphatic carbocycles. The zero-order valence-electron chi connectivity index (χ0n) is 11.9. The third-order valence-corrected chi connectivity index (χ3v) is 3.72. The van der Waals surface area contributed by atoms with Crippen LogP contribution in [0.4, 0.5) is 11.5 Å². The summed E-state index contributed by atoms with van der Waals surface area (Å²) in [5.41, 5.74) is 1.25. The molecule has 1 heterocycles. The molecular weight excluding hydrogens is 286 g/mol. The summed E-state index contributed by atoms with van der Waals surface area (Å²) < 4.78 is 26.4. The summed E-state index contributed by atoms with van der Waals surface area (Å²) in [6, 6.07) is 12.7. The van der Waals surface area contributed by atoms with E-state index in [4.69, 9.17) is 0 Å². The first-order valence-electron chi connectivity index (χ1n) is 6.36. The molecule has 0 unspecified atom stereocenters. The molecule has 2 aromatic rings. The molecule has 5 nitrogen and oxygen atoms in total. The smallest absolute Gasteiger partial charge is 0.255 e. The Balaban J connectivity index is 2.09. The van der Waals surface area contributed by atoms with E-state index in [9.17, 15) is 8.42 Å². The van der Waals surface area contributed by atoms with Crippen LogP contribution in [0.25, 0.3) is 6.08 Å². The number of rotatable bonds is 5. The van der Waals surface area contributed by atoms with Gasteiger partial charge in [0.1, 0.15) is 5.82 Å². The predicted octanol–water partition coefficient (Wildman–Crippen LogP) is 2.56. The van der Waals surface area contributed by atoms with Crippen molar-refractivity contribution in [3.63, 3.8) is 0 Å². The molecule has 0 aliphatic heterocycles. The second-order valence-electron chi connectivity index (χ2n) is 4.66. The minimum Gasteiger partial charge on any atom is -0.363 e. The number of pyridine rings is 1. The highest BCUT2D eigenvalue weighted by Gasteiger charge is 2.06. The van der Waals surface area contributed by atoms with E-state index in [2.05, 4.69) is 9.71 Å². The van der Waals surface area contributed by atoms with Gasteiger partial charge in [-0.2, -0.15) is 0 Å². The number of nitrogens with one attached hydrogen (secondary N) is 1. The van der Waals surface area contributed by atoms with E-state index in [1.807, 2.05) is 49.3 Å². The lowest BCUT2D eigenvalue weighted by atomic mass is 10.2. The van der Waals surface area contributed by atoms with E-state index in [0.717, 1.165) is 16.8 Å². The van der Waals surface area contributed by atoms with Crippen LogP contribution in [0.5, 0.6) is 0 Å². The number of nitrogens with zero attached hydrogens (tertiary/aromatic N) is 2. The summed E-state index contributed by atoms with van der Waals surface area (Å²) in [6.07, 6.45) is 3.03. The van der Waals surface area contributed by atoms with E-state index in [1.54, 1.807) is 18.2 Å². The quantitative estimate of drug-likeness (QED) is 0.922. The van der Waals surface area contributed by atoms with Gasteiger partial charge in [0.15, 0.2) is 0 Å². The molecule has 0 amide bonds. The van der Waals surface area contributed by atoms with Gasteiger partial charge < -0.3 is 4.90 Å². The monoisotopic (exact) mass is 303 g/mol. The molecule has 0 bridgehead atoms. The van der Waals surface area contributed by atoms with Crippen LogP contribution in [-0.4, -0.2) is 27.5 Å². The number of hydrogen-bond donors (Lipinski definition) is 1. The molecule has 0 saturated heterocycles. The summed E-state index contributed by atoms with van der Waals surface area (Å²) in [5.74, 6) is 0.762. The van der Waals surface area contributed by atoms with Crippen molar-refractivity contribution in [1.29, 1.82) is 0 Å². The van der Waals surface area contributed by atoms with Gasteiger partial charge in [0, 0.05) is 14.1 Å². The van der Waals surface area contributed by atoms with Gasteiger partial charge in [0.05, 0.1) is 17.3 Å². The van der Waals surface area contributed by atoms with Crippen molar-refractivity contribution in [2.24, 2.45) is 0 Å². The normalized spacial score (nSPS) is 11.5. The van der Waals surface area contributed by atoms with Gasteiger partial charge in [0.25, 0.3) is 10.0 Å². The zero-order chi connectivity index (χ0) is 15.3. The van der Waals surface area contributed by atoms with Crippen molar-refractivity contribution in [3.8, 4) is 0 Å². The summed E-state index contributed by atoms with van der Waals surface area (Å²) in [4.78, 5) is 6.00. The van der Waals surface area contributed by atoms with Crippen LogP contribution in [0.2, 0.25) is 0 Å². The highest BCUT2D eigenvalue weighted by atomic mass is 32.2. The van der Waals surface area contributed by atoms with Gasteiger partial charge >= 0.3 is 0 Å². The Morgan fingerprint density at radius 3 is 2.38 bits per heavy atom. The van der Waals surface area contributed by atoms with E-state index >= 15 is 0 Å². The Morgan fingerprint density at radius 2 is 1.81 bits per heavy atom. The lowest BCUT2D eigenvalue weighted by Crippen LogP contribution is -2.12. The van der Waals surface area contributed by atoms with Gasteiger partial charge in [-0.15, -0.1) is 0 Å². The SMILES string of the molecule is CN(C)c1ccc(NS(=O)(=O)/C=C/c2ccccc2)cn1. The summed E-state index contributed by atoms with van der Waals surface area (Å²) in [6.45, 7) is 0. The number of hydrogen-bond acceptors (Lipinski definition) is 4. The fourth-order valence-electron chi connectivity index (χ4n) is 1.64. The molecular formula is C15H17N3O2S. The zero-order valence-corrected chi connectivity index (χ0v) is 12.7. The Kier molecular flexibility index (Phi) is 4.59. The molecule has 2 rings (SSSR count). The molecule has 21 heavy (non-hydrogen) atoms. The molecule has 0 atom stereocenters. The Bertz CT molecular complexity index is 708. The molecule has 6 heteroatoms. The third-order valence-electron chi connectivity index (χ3n) is 2.71. The van der Waals surface area contributed by atoms with Gasteiger partial charge in [-0.05, 0) is 23.8 Å². The van der Waals surface area contributed by atoms with Crippen molar-refractivity contribution in [3.05, 3.63) is 59.6 Å². The lowest BCUT2D eigenvalue weighted by molar-refractivity contribution is 0.609. The van der Waals surface area contributed by atoms with Crippen LogP contribution >= 0.6 is 0 Å².